The van der Waals surface area contributed by atoms with Crippen LogP contribution in [-0.2, 0) is 0 Å². The summed E-state index contributed by atoms with van der Waals surface area (Å²) in [6, 6.07) is 0. The molecule has 1 atom stereocenters. The van der Waals surface area contributed by atoms with E-state index in [4.69, 9.17) is 0 Å². The molecule has 0 spiro atoms. The third-order valence-corrected chi connectivity index (χ3v) is 2.16. The third kappa shape index (κ3) is 8.10. The molecular formula is C12H25-. The van der Waals surface area contributed by atoms with E-state index in [9.17, 15) is 0 Å². The second-order valence-electron chi connectivity index (χ2n) is 4.81. The van der Waals surface area contributed by atoms with E-state index in [0.717, 1.165) is 17.8 Å². The van der Waals surface area contributed by atoms with Crippen molar-refractivity contribution in [3.05, 3.63) is 6.42 Å². The maximum Gasteiger partial charge on any atom is -0.0493 e. The molecule has 0 aromatic heterocycles. The Kier molecular flexibility index (Phi) is 6.51. The molecular weight excluding hydrogens is 144 g/mol. The molecule has 74 valence electrons. The molecule has 0 rings (SSSR count). The second-order valence-corrected chi connectivity index (χ2v) is 4.81. The normalized spacial score (nSPS) is 14.2. The van der Waals surface area contributed by atoms with E-state index in [1.807, 2.05) is 0 Å². The Morgan fingerprint density at radius 3 is 1.92 bits per heavy atom. The van der Waals surface area contributed by atoms with Crippen molar-refractivity contribution >= 4 is 0 Å². The van der Waals surface area contributed by atoms with E-state index in [0.29, 0.717) is 0 Å². The first-order valence-electron chi connectivity index (χ1n) is 5.35. The van der Waals surface area contributed by atoms with Gasteiger partial charge in [-0.15, -0.1) is 0 Å². The monoisotopic (exact) mass is 169 g/mol. The molecule has 0 heteroatoms. The third-order valence-electron chi connectivity index (χ3n) is 2.16. The first kappa shape index (κ1) is 12.0. The molecule has 0 aliphatic rings. The molecule has 12 heavy (non-hydrogen) atoms. The maximum atomic E-state index is 2.49. The Balaban J connectivity index is 3.25. The minimum absolute atomic E-state index is 0.809. The van der Waals surface area contributed by atoms with Gasteiger partial charge < -0.3 is 6.42 Å². The Bertz CT molecular complexity index is 92.2. The van der Waals surface area contributed by atoms with Crippen LogP contribution in [0.1, 0.15) is 53.9 Å². The summed E-state index contributed by atoms with van der Waals surface area (Å²) < 4.78 is 0. The summed E-state index contributed by atoms with van der Waals surface area (Å²) in [6.45, 7) is 11.5. The Morgan fingerprint density at radius 1 is 0.917 bits per heavy atom. The molecule has 0 heterocycles. The molecule has 0 amide bonds. The molecule has 0 radical (unpaired) electrons. The lowest BCUT2D eigenvalue weighted by Gasteiger charge is -2.23. The lowest BCUT2D eigenvalue weighted by atomic mass is 9.93. The summed E-state index contributed by atoms with van der Waals surface area (Å²) in [6.07, 6.45) is 6.48. The molecule has 0 N–H and O–H groups in total. The van der Waals surface area contributed by atoms with Gasteiger partial charge in [-0.3, -0.25) is 0 Å². The smallest absolute Gasteiger partial charge is 0.0493 e. The highest BCUT2D eigenvalue weighted by atomic mass is 14.1. The molecule has 1 unspecified atom stereocenters. The zero-order chi connectivity index (χ0) is 9.56. The average molecular weight is 169 g/mol. The van der Waals surface area contributed by atoms with Gasteiger partial charge in [0.25, 0.3) is 0 Å². The Labute approximate surface area is 78.8 Å². The van der Waals surface area contributed by atoms with E-state index in [1.165, 1.54) is 19.3 Å². The van der Waals surface area contributed by atoms with Crippen molar-refractivity contribution < 1.29 is 0 Å². The lowest BCUT2D eigenvalue weighted by Crippen LogP contribution is -2.01. The zero-order valence-electron chi connectivity index (χ0n) is 9.43. The lowest BCUT2D eigenvalue weighted by molar-refractivity contribution is 0.457. The molecule has 0 saturated heterocycles. The molecule has 0 fully saturated rings. The van der Waals surface area contributed by atoms with Gasteiger partial charge in [0.05, 0.1) is 0 Å². The van der Waals surface area contributed by atoms with Crippen LogP contribution in [0.4, 0.5) is 0 Å². The van der Waals surface area contributed by atoms with Gasteiger partial charge in [0, 0.05) is 0 Å². The predicted molar refractivity (Wildman–Crippen MR) is 57.0 cm³/mol. The van der Waals surface area contributed by atoms with E-state index in [1.54, 1.807) is 0 Å². The maximum absolute atomic E-state index is 2.49. The fraction of sp³-hybridized carbons (Fsp3) is 0.917. The van der Waals surface area contributed by atoms with Crippen molar-refractivity contribution in [2.45, 2.75) is 53.9 Å². The van der Waals surface area contributed by atoms with Crippen molar-refractivity contribution in [1.82, 2.24) is 0 Å². The van der Waals surface area contributed by atoms with Crippen LogP contribution in [0.25, 0.3) is 0 Å². The van der Waals surface area contributed by atoms with Gasteiger partial charge in [-0.1, -0.05) is 47.5 Å². The fourth-order valence-electron chi connectivity index (χ4n) is 1.55. The van der Waals surface area contributed by atoms with Crippen molar-refractivity contribution in [3.63, 3.8) is 0 Å². The largest absolute Gasteiger partial charge is 0.326 e. The van der Waals surface area contributed by atoms with Crippen LogP contribution < -0.4 is 0 Å². The zero-order valence-corrected chi connectivity index (χ0v) is 9.43. The summed E-state index contributed by atoms with van der Waals surface area (Å²) in [5.41, 5.74) is 0. The van der Waals surface area contributed by atoms with Gasteiger partial charge in [0.1, 0.15) is 0 Å². The predicted octanol–water partition coefficient (Wildman–Crippen LogP) is 4.31. The van der Waals surface area contributed by atoms with Crippen LogP contribution in [0.2, 0.25) is 0 Å². The van der Waals surface area contributed by atoms with Crippen LogP contribution >= 0.6 is 0 Å². The van der Waals surface area contributed by atoms with Crippen LogP contribution in [0.3, 0.4) is 0 Å². The number of hydrogen-bond donors (Lipinski definition) is 0. The van der Waals surface area contributed by atoms with Crippen molar-refractivity contribution in [2.75, 3.05) is 0 Å². The van der Waals surface area contributed by atoms with E-state index >= 15 is 0 Å². The van der Waals surface area contributed by atoms with E-state index in [2.05, 4.69) is 41.0 Å². The number of rotatable bonds is 6. The first-order valence-corrected chi connectivity index (χ1v) is 5.35. The van der Waals surface area contributed by atoms with Crippen LogP contribution in [0, 0.1) is 24.2 Å². The standard InChI is InChI=1S/C12H25/c1-10(2)7-6-8-12(5)9-11(3)4/h8,10-12H,6-7,9H2,1-5H3/q-1. The van der Waals surface area contributed by atoms with Gasteiger partial charge in [-0.2, -0.15) is 12.3 Å². The molecule has 0 saturated carbocycles. The summed E-state index contributed by atoms with van der Waals surface area (Å²) in [4.78, 5) is 0. The van der Waals surface area contributed by atoms with Gasteiger partial charge in [-0.05, 0) is 11.8 Å². The van der Waals surface area contributed by atoms with E-state index < -0.39 is 0 Å². The van der Waals surface area contributed by atoms with Crippen LogP contribution in [0.5, 0.6) is 0 Å². The molecule has 0 aromatic carbocycles. The van der Waals surface area contributed by atoms with Crippen molar-refractivity contribution in [3.8, 4) is 0 Å². The van der Waals surface area contributed by atoms with Crippen LogP contribution in [0.15, 0.2) is 0 Å². The van der Waals surface area contributed by atoms with Gasteiger partial charge in [0.2, 0.25) is 0 Å². The molecule has 0 aliphatic carbocycles. The highest BCUT2D eigenvalue weighted by Gasteiger charge is 1.97. The van der Waals surface area contributed by atoms with E-state index in [-0.39, 0.29) is 0 Å². The summed E-state index contributed by atoms with van der Waals surface area (Å²) in [5.74, 6) is 2.51. The first-order chi connectivity index (χ1) is 5.52. The molecule has 0 bridgehead atoms. The molecule has 0 aromatic rings. The highest BCUT2D eigenvalue weighted by molar-refractivity contribution is 4.73. The van der Waals surface area contributed by atoms with Gasteiger partial charge in [-0.25, -0.2) is 0 Å². The Morgan fingerprint density at radius 2 is 1.50 bits per heavy atom. The fourth-order valence-corrected chi connectivity index (χ4v) is 1.55. The SMILES string of the molecule is CC(C)CC[CH-]C(C)CC(C)C. The Hall–Kier alpha value is 0. The topological polar surface area (TPSA) is 0 Å². The van der Waals surface area contributed by atoms with Crippen molar-refractivity contribution in [2.24, 2.45) is 17.8 Å². The molecule has 0 aliphatic heterocycles. The van der Waals surface area contributed by atoms with Crippen LogP contribution in [-0.4, -0.2) is 0 Å². The minimum Gasteiger partial charge on any atom is -0.326 e. The quantitative estimate of drug-likeness (QED) is 0.520. The summed E-state index contributed by atoms with van der Waals surface area (Å²) in [7, 11) is 0. The number of hydrogen-bond acceptors (Lipinski definition) is 0. The van der Waals surface area contributed by atoms with Crippen molar-refractivity contribution in [1.29, 1.82) is 0 Å². The highest BCUT2D eigenvalue weighted by Crippen LogP contribution is 2.17. The summed E-state index contributed by atoms with van der Waals surface area (Å²) >= 11 is 0. The second kappa shape index (κ2) is 6.51. The van der Waals surface area contributed by atoms with Gasteiger partial charge >= 0.3 is 0 Å². The molecule has 0 nitrogen and oxygen atoms in total. The minimum atomic E-state index is 0.809. The summed E-state index contributed by atoms with van der Waals surface area (Å²) in [5, 5.41) is 0. The van der Waals surface area contributed by atoms with Gasteiger partial charge in [0.15, 0.2) is 0 Å². The average Bonchev–Trinajstić information content (AvgIpc) is 1.84.